The molecule has 0 spiro atoms. The largest absolute Gasteiger partial charge is 0.405 e. The first-order valence-electron chi connectivity index (χ1n) is 5.87. The van der Waals surface area contributed by atoms with Crippen LogP contribution in [0.5, 0.6) is 0 Å². The van der Waals surface area contributed by atoms with Crippen LogP contribution in [0.4, 0.5) is 18.9 Å². The van der Waals surface area contributed by atoms with Gasteiger partial charge >= 0.3 is 6.18 Å². The summed E-state index contributed by atoms with van der Waals surface area (Å²) in [5.41, 5.74) is 1.37. The number of hydrogen-bond acceptors (Lipinski definition) is 3. The maximum absolute atomic E-state index is 12.6. The Morgan fingerprint density at radius 2 is 2.11 bits per heavy atom. The van der Waals surface area contributed by atoms with Gasteiger partial charge < -0.3 is 10.2 Å². The Kier molecular flexibility index (Phi) is 5.40. The van der Waals surface area contributed by atoms with E-state index in [1.807, 2.05) is 6.92 Å². The zero-order valence-electron chi connectivity index (χ0n) is 10.6. The molecule has 0 aliphatic heterocycles. The molecule has 0 aromatic carbocycles. The maximum atomic E-state index is 12.6. The van der Waals surface area contributed by atoms with Crippen LogP contribution in [0.1, 0.15) is 18.9 Å². The fourth-order valence-electron chi connectivity index (χ4n) is 1.81. The first-order valence-corrected chi connectivity index (χ1v) is 5.87. The molecule has 18 heavy (non-hydrogen) atoms. The van der Waals surface area contributed by atoms with Gasteiger partial charge in [-0.3, -0.25) is 4.98 Å². The molecular weight excluding hydrogens is 243 g/mol. The quantitative estimate of drug-likeness (QED) is 0.853. The van der Waals surface area contributed by atoms with Crippen LogP contribution in [0, 0.1) is 0 Å². The van der Waals surface area contributed by atoms with Gasteiger partial charge in [-0.2, -0.15) is 13.2 Å². The van der Waals surface area contributed by atoms with E-state index in [2.05, 4.69) is 10.3 Å². The van der Waals surface area contributed by atoms with E-state index in [1.54, 1.807) is 19.3 Å². The summed E-state index contributed by atoms with van der Waals surface area (Å²) in [6, 6.07) is 1.74. The van der Waals surface area contributed by atoms with Crippen LogP contribution in [-0.4, -0.2) is 31.3 Å². The predicted molar refractivity (Wildman–Crippen MR) is 65.6 cm³/mol. The van der Waals surface area contributed by atoms with Gasteiger partial charge in [-0.05, 0) is 25.1 Å². The van der Waals surface area contributed by atoms with Crippen molar-refractivity contribution in [2.45, 2.75) is 26.1 Å². The second kappa shape index (κ2) is 6.58. The molecule has 6 heteroatoms. The van der Waals surface area contributed by atoms with Crippen LogP contribution >= 0.6 is 0 Å². The second-order valence-corrected chi connectivity index (χ2v) is 4.07. The highest BCUT2D eigenvalue weighted by molar-refractivity contribution is 5.51. The summed E-state index contributed by atoms with van der Waals surface area (Å²) in [6.45, 7) is 1.80. The molecule has 0 atom stereocenters. The minimum Gasteiger partial charge on any atom is -0.361 e. The van der Waals surface area contributed by atoms with Gasteiger partial charge in [-0.1, -0.05) is 6.92 Å². The SMILES string of the molecule is CCCN(CC(F)(F)F)c1cnccc1CNC. The zero-order valence-corrected chi connectivity index (χ0v) is 10.6. The molecule has 1 aromatic rings. The number of rotatable bonds is 6. The standard InChI is InChI=1S/C12H18F3N3/c1-3-6-18(9-12(13,14)15)11-8-17-5-4-10(11)7-16-2/h4-5,8,16H,3,6-7,9H2,1-2H3. The lowest BCUT2D eigenvalue weighted by molar-refractivity contribution is -0.119. The normalized spacial score (nSPS) is 11.6. The Balaban J connectivity index is 2.97. The smallest absolute Gasteiger partial charge is 0.361 e. The van der Waals surface area contributed by atoms with Crippen molar-refractivity contribution in [2.24, 2.45) is 0 Å². The van der Waals surface area contributed by atoms with Gasteiger partial charge in [0.15, 0.2) is 0 Å². The van der Waals surface area contributed by atoms with Gasteiger partial charge in [0.05, 0.1) is 11.9 Å². The predicted octanol–water partition coefficient (Wildman–Crippen LogP) is 2.58. The topological polar surface area (TPSA) is 28.2 Å². The molecule has 0 aliphatic rings. The molecule has 0 amide bonds. The average Bonchev–Trinajstić information content (AvgIpc) is 2.28. The highest BCUT2D eigenvalue weighted by Crippen LogP contribution is 2.24. The van der Waals surface area contributed by atoms with E-state index in [0.717, 1.165) is 5.56 Å². The molecule has 1 N–H and O–H groups in total. The van der Waals surface area contributed by atoms with Crippen molar-refractivity contribution < 1.29 is 13.2 Å². The van der Waals surface area contributed by atoms with Crippen molar-refractivity contribution in [1.29, 1.82) is 0 Å². The van der Waals surface area contributed by atoms with Crippen molar-refractivity contribution in [3.05, 3.63) is 24.0 Å². The Morgan fingerprint density at radius 3 is 2.67 bits per heavy atom. The highest BCUT2D eigenvalue weighted by Gasteiger charge is 2.31. The van der Waals surface area contributed by atoms with Crippen molar-refractivity contribution in [1.82, 2.24) is 10.3 Å². The summed E-state index contributed by atoms with van der Waals surface area (Å²) in [4.78, 5) is 5.26. The minimum absolute atomic E-state index is 0.363. The molecule has 0 fully saturated rings. The van der Waals surface area contributed by atoms with E-state index >= 15 is 0 Å². The van der Waals surface area contributed by atoms with E-state index in [4.69, 9.17) is 0 Å². The van der Waals surface area contributed by atoms with Crippen LogP contribution in [0.15, 0.2) is 18.5 Å². The molecule has 0 aliphatic carbocycles. The number of aromatic nitrogens is 1. The van der Waals surface area contributed by atoms with Gasteiger partial charge in [-0.15, -0.1) is 0 Å². The summed E-state index contributed by atoms with van der Waals surface area (Å²) >= 11 is 0. The Bertz CT molecular complexity index is 366. The van der Waals surface area contributed by atoms with Crippen LogP contribution in [0.3, 0.4) is 0 Å². The van der Waals surface area contributed by atoms with Crippen molar-refractivity contribution in [2.75, 3.05) is 25.0 Å². The van der Waals surface area contributed by atoms with Crippen LogP contribution in [-0.2, 0) is 6.54 Å². The Hall–Kier alpha value is -1.30. The van der Waals surface area contributed by atoms with Gasteiger partial charge in [-0.25, -0.2) is 0 Å². The number of alkyl halides is 3. The van der Waals surface area contributed by atoms with E-state index in [0.29, 0.717) is 25.2 Å². The zero-order chi connectivity index (χ0) is 13.6. The van der Waals surface area contributed by atoms with Crippen molar-refractivity contribution >= 4 is 5.69 Å². The third kappa shape index (κ3) is 4.52. The number of hydrogen-bond donors (Lipinski definition) is 1. The molecule has 3 nitrogen and oxygen atoms in total. The molecule has 1 aromatic heterocycles. The van der Waals surface area contributed by atoms with Crippen molar-refractivity contribution in [3.63, 3.8) is 0 Å². The Labute approximate surface area is 105 Å². The number of nitrogens with zero attached hydrogens (tertiary/aromatic N) is 2. The molecular formula is C12H18F3N3. The van der Waals surface area contributed by atoms with E-state index in [1.165, 1.54) is 11.1 Å². The number of pyridine rings is 1. The minimum atomic E-state index is -4.21. The third-order valence-electron chi connectivity index (χ3n) is 2.46. The summed E-state index contributed by atoms with van der Waals surface area (Å²) in [5, 5.41) is 2.95. The van der Waals surface area contributed by atoms with E-state index in [-0.39, 0.29) is 0 Å². The summed E-state index contributed by atoms with van der Waals surface area (Å²) in [6.07, 6.45) is -0.464. The monoisotopic (exact) mass is 261 g/mol. The van der Waals surface area contributed by atoms with Gasteiger partial charge in [0.1, 0.15) is 6.54 Å². The lowest BCUT2D eigenvalue weighted by Crippen LogP contribution is -2.35. The molecule has 0 saturated carbocycles. The molecule has 0 radical (unpaired) electrons. The maximum Gasteiger partial charge on any atom is 0.405 e. The van der Waals surface area contributed by atoms with Crippen LogP contribution in [0.2, 0.25) is 0 Å². The first kappa shape index (κ1) is 14.8. The van der Waals surface area contributed by atoms with Crippen molar-refractivity contribution in [3.8, 4) is 0 Å². The second-order valence-electron chi connectivity index (χ2n) is 4.07. The third-order valence-corrected chi connectivity index (χ3v) is 2.46. The number of nitrogens with one attached hydrogen (secondary N) is 1. The number of halogens is 3. The number of anilines is 1. The lowest BCUT2D eigenvalue weighted by Gasteiger charge is -2.27. The first-order chi connectivity index (χ1) is 8.48. The molecule has 102 valence electrons. The average molecular weight is 261 g/mol. The van der Waals surface area contributed by atoms with Gasteiger partial charge in [0, 0.05) is 19.3 Å². The fraction of sp³-hybridized carbons (Fsp3) is 0.583. The van der Waals surface area contributed by atoms with E-state index < -0.39 is 12.7 Å². The van der Waals surface area contributed by atoms with Gasteiger partial charge in [0.25, 0.3) is 0 Å². The van der Waals surface area contributed by atoms with Crippen LogP contribution in [0.25, 0.3) is 0 Å². The molecule has 0 unspecified atom stereocenters. The molecule has 1 heterocycles. The summed E-state index contributed by atoms with van der Waals surface area (Å²) < 4.78 is 37.7. The molecule has 0 saturated heterocycles. The molecule has 0 bridgehead atoms. The summed E-state index contributed by atoms with van der Waals surface area (Å²) in [5.74, 6) is 0. The Morgan fingerprint density at radius 1 is 1.39 bits per heavy atom. The molecule has 1 rings (SSSR count). The van der Waals surface area contributed by atoms with Crippen LogP contribution < -0.4 is 10.2 Å². The van der Waals surface area contributed by atoms with E-state index in [9.17, 15) is 13.2 Å². The summed E-state index contributed by atoms with van der Waals surface area (Å²) in [7, 11) is 1.76. The highest BCUT2D eigenvalue weighted by atomic mass is 19.4. The fourth-order valence-corrected chi connectivity index (χ4v) is 1.81. The van der Waals surface area contributed by atoms with Gasteiger partial charge in [0.2, 0.25) is 0 Å². The lowest BCUT2D eigenvalue weighted by atomic mass is 10.2.